The minimum atomic E-state index is -3.33. The fourth-order valence-corrected chi connectivity index (χ4v) is 5.47. The Morgan fingerprint density at radius 2 is 1.88 bits per heavy atom. The number of hydrogen-bond acceptors (Lipinski definition) is 9. The first-order chi connectivity index (χ1) is 19.2. The highest BCUT2D eigenvalue weighted by molar-refractivity contribution is 7.93. The molecule has 1 atom stereocenters. The van der Waals surface area contributed by atoms with Crippen LogP contribution in [0.5, 0.6) is 0 Å². The fraction of sp³-hybridized carbons (Fsp3) is 0.269. The predicted octanol–water partition coefficient (Wildman–Crippen LogP) is 2.79. The Balaban J connectivity index is 1.52. The van der Waals surface area contributed by atoms with E-state index in [1.165, 1.54) is 27.9 Å². The van der Waals surface area contributed by atoms with E-state index in [0.717, 1.165) is 37.6 Å². The molecule has 0 aliphatic carbocycles. The Labute approximate surface area is 230 Å². The van der Waals surface area contributed by atoms with Gasteiger partial charge in [0.15, 0.2) is 11.5 Å². The van der Waals surface area contributed by atoms with Crippen LogP contribution in [-0.4, -0.2) is 84.1 Å². The first-order valence-electron chi connectivity index (χ1n) is 12.5. The molecule has 2 N–H and O–H groups in total. The minimum absolute atomic E-state index is 0.0419. The molecule has 1 fully saturated rings. The molecule has 0 saturated carbocycles. The van der Waals surface area contributed by atoms with Crippen LogP contribution >= 0.6 is 0 Å². The monoisotopic (exact) mass is 563 g/mol. The van der Waals surface area contributed by atoms with Crippen LogP contribution in [0.25, 0.3) is 16.9 Å². The highest BCUT2D eigenvalue weighted by Crippen LogP contribution is 2.23. The number of likely N-dealkylation sites (N-methyl/N-ethyl adjacent to an activating group) is 1. The summed E-state index contributed by atoms with van der Waals surface area (Å²) in [5.41, 5.74) is 1.81. The second kappa shape index (κ2) is 10.9. The molecular formula is C26H29N9O4S. The second-order valence-corrected chi connectivity index (χ2v) is 11.6. The Morgan fingerprint density at radius 3 is 2.55 bits per heavy atom. The van der Waals surface area contributed by atoms with Crippen LogP contribution in [0.4, 0.5) is 22.1 Å². The molecule has 0 spiro atoms. The molecule has 0 radical (unpaired) electrons. The molecule has 1 aromatic carbocycles. The van der Waals surface area contributed by atoms with Crippen molar-refractivity contribution in [1.82, 2.24) is 29.2 Å². The zero-order valence-corrected chi connectivity index (χ0v) is 22.9. The number of piperazine rings is 1. The molecule has 14 heteroatoms. The maximum Gasteiger partial charge on any atom is 0.439 e. The molecule has 4 heterocycles. The van der Waals surface area contributed by atoms with Crippen molar-refractivity contribution in [2.45, 2.75) is 11.6 Å². The van der Waals surface area contributed by atoms with Crippen molar-refractivity contribution in [3.05, 3.63) is 71.7 Å². The van der Waals surface area contributed by atoms with E-state index in [1.807, 2.05) is 24.3 Å². The van der Waals surface area contributed by atoms with E-state index in [4.69, 9.17) is 5.11 Å². The zero-order chi connectivity index (χ0) is 28.4. The topological polar surface area (TPSA) is 151 Å². The van der Waals surface area contributed by atoms with E-state index < -0.39 is 15.8 Å². The average molecular weight is 564 g/mol. The van der Waals surface area contributed by atoms with Gasteiger partial charge < -0.3 is 20.2 Å². The lowest BCUT2D eigenvalue weighted by Crippen LogP contribution is -2.44. The van der Waals surface area contributed by atoms with Crippen LogP contribution in [0.2, 0.25) is 0 Å². The average Bonchev–Trinajstić information content (AvgIpc) is 3.20. The van der Waals surface area contributed by atoms with Crippen molar-refractivity contribution in [2.75, 3.05) is 49.7 Å². The van der Waals surface area contributed by atoms with Gasteiger partial charge >= 0.3 is 6.09 Å². The lowest BCUT2D eigenvalue weighted by atomic mass is 10.2. The van der Waals surface area contributed by atoms with Gasteiger partial charge in [0.25, 0.3) is 5.56 Å². The molecule has 208 valence electrons. The number of aromatic nitrogens is 5. The van der Waals surface area contributed by atoms with Crippen molar-refractivity contribution in [1.29, 1.82) is 0 Å². The largest absolute Gasteiger partial charge is 0.463 e. The summed E-state index contributed by atoms with van der Waals surface area (Å²) in [4.78, 5) is 42.3. The Hall–Kier alpha value is -4.56. The molecule has 5 rings (SSSR count). The molecule has 1 aliphatic heterocycles. The number of fused-ring (bicyclic) bond motifs is 1. The van der Waals surface area contributed by atoms with E-state index in [0.29, 0.717) is 0 Å². The normalized spacial score (nSPS) is 15.5. The van der Waals surface area contributed by atoms with E-state index in [2.05, 4.69) is 48.1 Å². The van der Waals surface area contributed by atoms with Gasteiger partial charge in [-0.3, -0.25) is 4.79 Å². The smallest absolute Gasteiger partial charge is 0.439 e. The maximum atomic E-state index is 13.2. The number of amides is 1. The van der Waals surface area contributed by atoms with Gasteiger partial charge in [0.05, 0.1) is 6.54 Å². The molecule has 1 saturated heterocycles. The van der Waals surface area contributed by atoms with Crippen molar-refractivity contribution in [3.63, 3.8) is 0 Å². The molecule has 1 aliphatic rings. The van der Waals surface area contributed by atoms with Gasteiger partial charge in [-0.15, -0.1) is 10.9 Å². The summed E-state index contributed by atoms with van der Waals surface area (Å²) in [7, 11) is -1.21. The number of anilines is 3. The van der Waals surface area contributed by atoms with Crippen LogP contribution in [-0.2, 0) is 16.3 Å². The third kappa shape index (κ3) is 5.44. The summed E-state index contributed by atoms with van der Waals surface area (Å²) in [5, 5.41) is 12.4. The Bertz CT molecular complexity index is 1760. The van der Waals surface area contributed by atoms with Crippen molar-refractivity contribution in [2.24, 2.45) is 4.36 Å². The first-order valence-corrected chi connectivity index (χ1v) is 14.4. The molecule has 13 nitrogen and oxygen atoms in total. The lowest BCUT2D eigenvalue weighted by Gasteiger charge is -2.34. The van der Waals surface area contributed by atoms with Crippen LogP contribution in [0.1, 0.15) is 0 Å². The van der Waals surface area contributed by atoms with Crippen molar-refractivity contribution in [3.8, 4) is 5.82 Å². The highest BCUT2D eigenvalue weighted by Gasteiger charge is 2.20. The summed E-state index contributed by atoms with van der Waals surface area (Å²) in [6.45, 7) is 7.84. The number of hydrogen-bond donors (Lipinski definition) is 2. The van der Waals surface area contributed by atoms with Gasteiger partial charge in [-0.05, 0) is 43.4 Å². The SMILES string of the molecule is C=CCn1c(=O)c2cnc(Nc3ccc(N4CCN(C)CC4)cc3)nc2n1-c1cccc(S(C)(=O)=NC(=O)O)n1. The standard InChI is InChI=1S/C26H29N9O4S/c1-4-12-34-24(36)20-17-27-25(28-18-8-10-19(11-9-18)33-15-13-32(2)14-16-33)30-23(20)35(34)21-6-5-7-22(29-21)40(3,39)31-26(37)38/h4-11,17H,1,12-16H2,2-3H3,(H,37,38)(H,27,28,30). The Kier molecular flexibility index (Phi) is 7.36. The quantitative estimate of drug-likeness (QED) is 0.321. The van der Waals surface area contributed by atoms with E-state index >= 15 is 0 Å². The number of carbonyl (C=O) groups is 1. The molecular weight excluding hydrogens is 534 g/mol. The molecule has 0 bridgehead atoms. The van der Waals surface area contributed by atoms with Crippen molar-refractivity contribution >= 4 is 44.2 Å². The first kappa shape index (κ1) is 27.0. The van der Waals surface area contributed by atoms with Gasteiger partial charge in [0.2, 0.25) is 5.95 Å². The van der Waals surface area contributed by atoms with Crippen LogP contribution in [0.15, 0.2) is 75.5 Å². The van der Waals surface area contributed by atoms with Crippen molar-refractivity contribution < 1.29 is 14.1 Å². The van der Waals surface area contributed by atoms with Crippen LogP contribution < -0.4 is 15.8 Å². The van der Waals surface area contributed by atoms with Gasteiger partial charge in [-0.1, -0.05) is 12.1 Å². The van der Waals surface area contributed by atoms with E-state index in [9.17, 15) is 13.8 Å². The van der Waals surface area contributed by atoms with Gasteiger partial charge in [0.1, 0.15) is 20.1 Å². The van der Waals surface area contributed by atoms with E-state index in [-0.39, 0.29) is 39.9 Å². The molecule has 1 amide bonds. The molecule has 4 aromatic rings. The maximum absolute atomic E-state index is 13.2. The van der Waals surface area contributed by atoms with Gasteiger partial charge in [0, 0.05) is 50.0 Å². The summed E-state index contributed by atoms with van der Waals surface area (Å²) in [6.07, 6.45) is 2.62. The summed E-state index contributed by atoms with van der Waals surface area (Å²) in [6, 6.07) is 12.6. The summed E-state index contributed by atoms with van der Waals surface area (Å²) < 4.78 is 19.0. The van der Waals surface area contributed by atoms with Gasteiger partial charge in [-0.2, -0.15) is 4.98 Å². The predicted molar refractivity (Wildman–Crippen MR) is 153 cm³/mol. The Morgan fingerprint density at radius 1 is 1.15 bits per heavy atom. The number of nitrogens with zero attached hydrogens (tertiary/aromatic N) is 8. The minimum Gasteiger partial charge on any atom is -0.463 e. The highest BCUT2D eigenvalue weighted by atomic mass is 32.2. The summed E-state index contributed by atoms with van der Waals surface area (Å²) in [5.74, 6) is 0.475. The zero-order valence-electron chi connectivity index (χ0n) is 22.1. The number of nitrogens with one attached hydrogen (secondary N) is 1. The second-order valence-electron chi connectivity index (χ2n) is 9.39. The van der Waals surface area contributed by atoms with E-state index in [1.54, 1.807) is 18.2 Å². The third-order valence-electron chi connectivity index (χ3n) is 6.54. The molecule has 3 aromatic heterocycles. The number of carboxylic acid groups (broad SMARTS) is 1. The van der Waals surface area contributed by atoms with Gasteiger partial charge in [-0.25, -0.2) is 28.3 Å². The van der Waals surface area contributed by atoms with Crippen LogP contribution in [0.3, 0.4) is 0 Å². The molecule has 40 heavy (non-hydrogen) atoms. The number of benzene rings is 1. The number of rotatable bonds is 7. The van der Waals surface area contributed by atoms with Crippen LogP contribution in [0, 0.1) is 0 Å². The third-order valence-corrected chi connectivity index (χ3v) is 8.04. The molecule has 1 unspecified atom stereocenters. The fourth-order valence-electron chi connectivity index (χ4n) is 4.49. The summed E-state index contributed by atoms with van der Waals surface area (Å²) >= 11 is 0. The lowest BCUT2D eigenvalue weighted by molar-refractivity contribution is 0.206. The number of allylic oxidation sites excluding steroid dienone is 1. The number of pyridine rings is 1.